The zero-order valence-corrected chi connectivity index (χ0v) is 8.71. The smallest absolute Gasteiger partial charge is 0.369 e. The second kappa shape index (κ2) is 4.15. The van der Waals surface area contributed by atoms with Gasteiger partial charge in [0.25, 0.3) is 0 Å². The highest BCUT2D eigenvalue weighted by Gasteiger charge is 2.44. The average molecular weight is 231 g/mol. The van der Waals surface area contributed by atoms with Gasteiger partial charge in [-0.25, -0.2) is 0 Å². The molecule has 16 heavy (non-hydrogen) atoms. The maximum absolute atomic E-state index is 12.4. The summed E-state index contributed by atoms with van der Waals surface area (Å²) < 4.78 is 37.2. The quantitative estimate of drug-likeness (QED) is 0.852. The normalized spacial score (nSPS) is 15.5. The molecule has 1 rings (SSSR count). The molecule has 2 nitrogen and oxygen atoms in total. The maximum atomic E-state index is 12.4. The minimum absolute atomic E-state index is 0.278. The molecule has 0 aromatic heterocycles. The Morgan fingerprint density at radius 1 is 1.25 bits per heavy atom. The van der Waals surface area contributed by atoms with Crippen LogP contribution < -0.4 is 5.73 Å². The van der Waals surface area contributed by atoms with E-state index >= 15 is 0 Å². The molecule has 5 heteroatoms. The van der Waals surface area contributed by atoms with Crippen molar-refractivity contribution in [1.82, 2.24) is 0 Å². The van der Waals surface area contributed by atoms with Gasteiger partial charge in [-0.3, -0.25) is 4.79 Å². The van der Waals surface area contributed by atoms with Crippen LogP contribution in [0, 0.1) is 0 Å². The monoisotopic (exact) mass is 231 g/mol. The van der Waals surface area contributed by atoms with E-state index in [2.05, 4.69) is 0 Å². The van der Waals surface area contributed by atoms with Crippen molar-refractivity contribution < 1.29 is 18.0 Å². The highest BCUT2D eigenvalue weighted by atomic mass is 19.4. The molecule has 0 aliphatic rings. The van der Waals surface area contributed by atoms with Gasteiger partial charge in [-0.1, -0.05) is 30.3 Å². The van der Waals surface area contributed by atoms with Crippen LogP contribution in [-0.2, 0) is 10.2 Å². The first-order chi connectivity index (χ1) is 7.26. The summed E-state index contributed by atoms with van der Waals surface area (Å²) in [4.78, 5) is 11.2. The third kappa shape index (κ3) is 2.74. The summed E-state index contributed by atoms with van der Waals surface area (Å²) in [6.45, 7) is 1.21. The van der Waals surface area contributed by atoms with Gasteiger partial charge in [-0.15, -0.1) is 0 Å². The van der Waals surface area contributed by atoms with Gasteiger partial charge in [0.1, 0.15) is 0 Å². The molecule has 1 aromatic carbocycles. The predicted octanol–water partition coefficient (Wildman–Crippen LogP) is 2.38. The molecule has 0 aliphatic carbocycles. The number of carbonyl (C=O) groups is 1. The second-order valence-corrected chi connectivity index (χ2v) is 3.85. The van der Waals surface area contributed by atoms with Gasteiger partial charge in [-0.05, 0) is 12.5 Å². The number of benzene rings is 1. The number of carbonyl (C=O) groups excluding carboxylic acids is 1. The number of halogens is 3. The number of hydrogen-bond donors (Lipinski definition) is 1. The van der Waals surface area contributed by atoms with Crippen molar-refractivity contribution in [1.29, 1.82) is 0 Å². The van der Waals surface area contributed by atoms with E-state index in [9.17, 15) is 18.0 Å². The minimum atomic E-state index is -4.43. The van der Waals surface area contributed by atoms with Crippen molar-refractivity contribution >= 4 is 5.91 Å². The Labute approximate surface area is 91.3 Å². The average Bonchev–Trinajstić information content (AvgIpc) is 2.16. The summed E-state index contributed by atoms with van der Waals surface area (Å²) in [5, 5.41) is 0. The molecule has 0 saturated carbocycles. The molecule has 1 amide bonds. The highest BCUT2D eigenvalue weighted by Crippen LogP contribution is 2.36. The predicted molar refractivity (Wildman–Crippen MR) is 53.7 cm³/mol. The van der Waals surface area contributed by atoms with Crippen molar-refractivity contribution in [2.24, 2.45) is 5.73 Å². The van der Waals surface area contributed by atoms with Gasteiger partial charge in [0.05, 0.1) is 11.8 Å². The molecule has 0 radical (unpaired) electrons. The van der Waals surface area contributed by atoms with Gasteiger partial charge in [0.15, 0.2) is 0 Å². The summed E-state index contributed by atoms with van der Waals surface area (Å²) >= 11 is 0. The first kappa shape index (κ1) is 12.5. The van der Waals surface area contributed by atoms with Crippen molar-refractivity contribution in [3.63, 3.8) is 0 Å². The Morgan fingerprint density at radius 3 is 2.12 bits per heavy atom. The van der Waals surface area contributed by atoms with Gasteiger partial charge < -0.3 is 5.73 Å². The Balaban J connectivity index is 3.13. The van der Waals surface area contributed by atoms with Crippen LogP contribution in [0.1, 0.15) is 18.9 Å². The summed E-state index contributed by atoms with van der Waals surface area (Å²) in [6, 6.07) is 7.76. The number of amides is 1. The number of alkyl halides is 3. The van der Waals surface area contributed by atoms with Crippen molar-refractivity contribution in [2.75, 3.05) is 0 Å². The molecular formula is C11H12F3NO. The van der Waals surface area contributed by atoms with E-state index in [0.717, 1.165) is 0 Å². The topological polar surface area (TPSA) is 43.1 Å². The van der Waals surface area contributed by atoms with Gasteiger partial charge >= 0.3 is 6.18 Å². The summed E-state index contributed by atoms with van der Waals surface area (Å²) in [6.07, 6.45) is -5.68. The zero-order valence-electron chi connectivity index (χ0n) is 8.71. The lowest BCUT2D eigenvalue weighted by Crippen LogP contribution is -2.42. The molecule has 0 spiro atoms. The van der Waals surface area contributed by atoms with Crippen LogP contribution in [0.15, 0.2) is 30.3 Å². The zero-order chi connectivity index (χ0) is 12.4. The lowest BCUT2D eigenvalue weighted by Gasteiger charge is -2.27. The Bertz CT molecular complexity index is 375. The first-order valence-electron chi connectivity index (χ1n) is 4.68. The molecule has 1 unspecified atom stereocenters. The molecule has 0 fully saturated rings. The minimum Gasteiger partial charge on any atom is -0.369 e. The third-order valence-electron chi connectivity index (χ3n) is 2.51. The number of nitrogens with two attached hydrogens (primary N) is 1. The van der Waals surface area contributed by atoms with E-state index in [1.807, 2.05) is 0 Å². The Kier molecular flexibility index (Phi) is 3.26. The van der Waals surface area contributed by atoms with Crippen molar-refractivity contribution in [3.8, 4) is 0 Å². The number of rotatable bonds is 3. The van der Waals surface area contributed by atoms with Crippen LogP contribution in [0.25, 0.3) is 0 Å². The summed E-state index contributed by atoms with van der Waals surface area (Å²) in [5.74, 6) is -0.976. The molecule has 0 saturated heterocycles. The van der Waals surface area contributed by atoms with Crippen LogP contribution in [0.2, 0.25) is 0 Å². The standard InChI is InChI=1S/C11H12F3NO/c1-10(9(15)16,7-11(12,13)14)8-5-3-2-4-6-8/h2-6H,7H2,1H3,(H2,15,16). The molecular weight excluding hydrogens is 219 g/mol. The van der Waals surface area contributed by atoms with E-state index in [1.54, 1.807) is 18.2 Å². The highest BCUT2D eigenvalue weighted by molar-refractivity contribution is 5.86. The molecule has 1 atom stereocenters. The molecule has 0 aliphatic heterocycles. The maximum Gasteiger partial charge on any atom is 0.390 e. The van der Waals surface area contributed by atoms with Gasteiger partial charge in [-0.2, -0.15) is 13.2 Å². The molecule has 88 valence electrons. The van der Waals surface area contributed by atoms with Crippen LogP contribution in [0.5, 0.6) is 0 Å². The fourth-order valence-electron chi connectivity index (χ4n) is 1.54. The number of hydrogen-bond acceptors (Lipinski definition) is 1. The SMILES string of the molecule is CC(CC(F)(F)F)(C(N)=O)c1ccccc1. The fourth-order valence-corrected chi connectivity index (χ4v) is 1.54. The van der Waals surface area contributed by atoms with Crippen LogP contribution in [0.3, 0.4) is 0 Å². The Hall–Kier alpha value is -1.52. The fraction of sp³-hybridized carbons (Fsp3) is 0.364. The van der Waals surface area contributed by atoms with Crippen molar-refractivity contribution in [3.05, 3.63) is 35.9 Å². The number of primary amides is 1. The summed E-state index contributed by atoms with van der Waals surface area (Å²) in [5.41, 5.74) is 3.64. The second-order valence-electron chi connectivity index (χ2n) is 3.85. The largest absolute Gasteiger partial charge is 0.390 e. The van der Waals surface area contributed by atoms with Crippen LogP contribution in [-0.4, -0.2) is 12.1 Å². The van der Waals surface area contributed by atoms with E-state index < -0.39 is 23.9 Å². The third-order valence-corrected chi connectivity index (χ3v) is 2.51. The van der Waals surface area contributed by atoms with Crippen molar-refractivity contribution in [2.45, 2.75) is 24.9 Å². The van der Waals surface area contributed by atoms with E-state index in [1.165, 1.54) is 19.1 Å². The van der Waals surface area contributed by atoms with Gasteiger partial charge in [0.2, 0.25) is 5.91 Å². The van der Waals surface area contributed by atoms with E-state index in [0.29, 0.717) is 0 Å². The first-order valence-corrected chi connectivity index (χ1v) is 4.68. The Morgan fingerprint density at radius 2 is 1.75 bits per heavy atom. The van der Waals surface area contributed by atoms with E-state index in [-0.39, 0.29) is 5.56 Å². The molecule has 1 aromatic rings. The lowest BCUT2D eigenvalue weighted by atomic mass is 9.78. The molecule has 0 bridgehead atoms. The molecule has 2 N–H and O–H groups in total. The van der Waals surface area contributed by atoms with E-state index in [4.69, 9.17) is 5.73 Å². The van der Waals surface area contributed by atoms with Crippen LogP contribution in [0.4, 0.5) is 13.2 Å². The van der Waals surface area contributed by atoms with Crippen LogP contribution >= 0.6 is 0 Å². The molecule has 0 heterocycles. The van der Waals surface area contributed by atoms with Gasteiger partial charge in [0, 0.05) is 0 Å². The summed E-state index contributed by atoms with van der Waals surface area (Å²) in [7, 11) is 0. The lowest BCUT2D eigenvalue weighted by molar-refractivity contribution is -0.155.